The maximum absolute atomic E-state index is 10.8. The van der Waals surface area contributed by atoms with Gasteiger partial charge >= 0.3 is 5.97 Å². The maximum Gasteiger partial charge on any atom is 0.355 e. The molecule has 0 fully saturated rings. The van der Waals surface area contributed by atoms with Crippen LogP contribution in [-0.4, -0.2) is 21.0 Å². The lowest BCUT2D eigenvalue weighted by Gasteiger charge is -1.99. The molecular weight excluding hydrogens is 371 g/mol. The van der Waals surface area contributed by atoms with E-state index in [4.69, 9.17) is 16.7 Å². The van der Waals surface area contributed by atoms with Crippen molar-refractivity contribution in [3.8, 4) is 0 Å². The molecule has 132 valence electrons. The van der Waals surface area contributed by atoms with Gasteiger partial charge in [0, 0.05) is 17.0 Å². The average Bonchev–Trinajstić information content (AvgIpc) is 2.67. The van der Waals surface area contributed by atoms with Crippen LogP contribution in [0, 0.1) is 0 Å². The van der Waals surface area contributed by atoms with Crippen LogP contribution in [0.4, 0.5) is 0 Å². The van der Waals surface area contributed by atoms with Gasteiger partial charge in [-0.05, 0) is 23.6 Å². The molecular formula is C20H16Cl2N2O2. The van der Waals surface area contributed by atoms with Gasteiger partial charge in [-0.2, -0.15) is 0 Å². The number of carboxylic acids is 1. The first-order valence-electron chi connectivity index (χ1n) is 7.66. The fraction of sp³-hybridized carbons (Fsp3) is 0.0500. The first-order valence-corrected chi connectivity index (χ1v) is 8.20. The summed E-state index contributed by atoms with van der Waals surface area (Å²) in [5, 5.41) is 11.6. The summed E-state index contributed by atoms with van der Waals surface area (Å²) >= 11 is 5.66. The van der Waals surface area contributed by atoms with E-state index in [1.54, 1.807) is 18.2 Å². The molecule has 0 aliphatic carbocycles. The molecule has 0 radical (unpaired) electrons. The first-order chi connectivity index (χ1) is 12.2. The Hall–Kier alpha value is -2.69. The van der Waals surface area contributed by atoms with Crippen LogP contribution in [0.2, 0.25) is 0 Å². The third kappa shape index (κ3) is 4.48. The highest BCUT2D eigenvalue weighted by Gasteiger charge is 2.07. The number of benzene rings is 2. The van der Waals surface area contributed by atoms with Crippen LogP contribution in [0.5, 0.6) is 0 Å². The van der Waals surface area contributed by atoms with Crippen LogP contribution in [-0.2, 0) is 5.88 Å². The molecule has 4 nitrogen and oxygen atoms in total. The maximum atomic E-state index is 10.8. The number of rotatable bonds is 2. The van der Waals surface area contributed by atoms with E-state index in [0.717, 1.165) is 22.0 Å². The van der Waals surface area contributed by atoms with Gasteiger partial charge in [0.2, 0.25) is 0 Å². The number of aromatic carboxylic acids is 1. The summed E-state index contributed by atoms with van der Waals surface area (Å²) in [5.74, 6) is -0.512. The van der Waals surface area contributed by atoms with E-state index in [1.165, 1.54) is 6.20 Å². The Bertz CT molecular complexity index is 1030. The number of aromatic nitrogens is 2. The number of alkyl halides is 1. The Morgan fingerprint density at radius 3 is 2.35 bits per heavy atom. The molecule has 0 bridgehead atoms. The number of pyridine rings is 2. The number of nitrogens with zero attached hydrogens (tertiary/aromatic N) is 2. The zero-order chi connectivity index (χ0) is 17.6. The summed E-state index contributed by atoms with van der Waals surface area (Å²) in [4.78, 5) is 18.9. The molecule has 1 N–H and O–H groups in total. The molecule has 0 aliphatic heterocycles. The summed E-state index contributed by atoms with van der Waals surface area (Å²) in [6.07, 6.45) is 1.51. The van der Waals surface area contributed by atoms with E-state index < -0.39 is 5.97 Å². The molecule has 2 heterocycles. The number of hydrogen-bond donors (Lipinski definition) is 1. The summed E-state index contributed by atoms with van der Waals surface area (Å²) in [6, 6.07) is 21.1. The van der Waals surface area contributed by atoms with E-state index in [0.29, 0.717) is 11.3 Å². The number of fused-ring (bicyclic) bond motifs is 2. The third-order valence-corrected chi connectivity index (χ3v) is 3.94. The minimum Gasteiger partial charge on any atom is -0.476 e. The Kier molecular flexibility index (Phi) is 6.89. The summed E-state index contributed by atoms with van der Waals surface area (Å²) in [7, 11) is 0. The molecule has 0 saturated heterocycles. The van der Waals surface area contributed by atoms with Crippen molar-refractivity contribution >= 4 is 51.7 Å². The molecule has 2 aromatic carbocycles. The van der Waals surface area contributed by atoms with Crippen LogP contribution in [0.15, 0.2) is 72.9 Å². The van der Waals surface area contributed by atoms with E-state index in [2.05, 4.69) is 9.97 Å². The zero-order valence-electron chi connectivity index (χ0n) is 13.7. The standard InChI is InChI=1S/C10H8ClN.C10H7NO2.ClH/c11-7-9-6-5-8-3-1-2-4-10(8)12-9;12-10(13)9-8-4-2-1-3-7(8)5-6-11-9;/h1-6H,7H2;1-6H,(H,12,13);1H. The molecule has 26 heavy (non-hydrogen) atoms. The van der Waals surface area contributed by atoms with Crippen molar-refractivity contribution in [2.75, 3.05) is 0 Å². The van der Waals surface area contributed by atoms with E-state index in [9.17, 15) is 4.79 Å². The molecule has 4 rings (SSSR count). The van der Waals surface area contributed by atoms with E-state index >= 15 is 0 Å². The SMILES string of the molecule is Cl.ClCc1ccc2ccccc2n1.O=C(O)c1nccc2ccccc12. The second kappa shape index (κ2) is 9.13. The quantitative estimate of drug-likeness (QED) is 0.473. The Labute approximate surface area is 161 Å². The Morgan fingerprint density at radius 1 is 0.923 bits per heavy atom. The van der Waals surface area contributed by atoms with E-state index in [-0.39, 0.29) is 18.1 Å². The van der Waals surface area contributed by atoms with Gasteiger partial charge in [0.05, 0.1) is 17.1 Å². The molecule has 6 heteroatoms. The number of para-hydroxylation sites is 1. The lowest BCUT2D eigenvalue weighted by atomic mass is 10.1. The van der Waals surface area contributed by atoms with Gasteiger partial charge in [-0.15, -0.1) is 24.0 Å². The number of carboxylic acid groups (broad SMARTS) is 1. The minimum atomic E-state index is -0.989. The van der Waals surface area contributed by atoms with Crippen molar-refractivity contribution in [2.45, 2.75) is 5.88 Å². The molecule has 0 saturated carbocycles. The average molecular weight is 387 g/mol. The largest absolute Gasteiger partial charge is 0.476 e. The van der Waals surface area contributed by atoms with Gasteiger partial charge in [-0.25, -0.2) is 9.78 Å². The van der Waals surface area contributed by atoms with Crippen LogP contribution >= 0.6 is 24.0 Å². The van der Waals surface area contributed by atoms with E-state index in [1.807, 2.05) is 48.5 Å². The highest BCUT2D eigenvalue weighted by Crippen LogP contribution is 2.15. The third-order valence-electron chi connectivity index (χ3n) is 3.67. The van der Waals surface area contributed by atoms with Gasteiger partial charge < -0.3 is 5.11 Å². The van der Waals surface area contributed by atoms with Crippen molar-refractivity contribution < 1.29 is 9.90 Å². The number of carbonyl (C=O) groups is 1. The topological polar surface area (TPSA) is 63.1 Å². The lowest BCUT2D eigenvalue weighted by molar-refractivity contribution is 0.0693. The van der Waals surface area contributed by atoms with Gasteiger partial charge in [0.25, 0.3) is 0 Å². The Morgan fingerprint density at radius 2 is 1.62 bits per heavy atom. The lowest BCUT2D eigenvalue weighted by Crippen LogP contribution is -2.00. The van der Waals surface area contributed by atoms with Crippen molar-refractivity contribution in [2.24, 2.45) is 0 Å². The number of hydrogen-bond acceptors (Lipinski definition) is 3. The molecule has 0 atom stereocenters. The van der Waals surface area contributed by atoms with Gasteiger partial charge in [-0.1, -0.05) is 48.5 Å². The summed E-state index contributed by atoms with van der Waals surface area (Å²) in [5.41, 5.74) is 2.05. The number of halogens is 2. The summed E-state index contributed by atoms with van der Waals surface area (Å²) in [6.45, 7) is 0. The predicted octanol–water partition coefficient (Wildman–Crippen LogP) is 5.33. The molecule has 4 aromatic rings. The van der Waals surface area contributed by atoms with Crippen molar-refractivity contribution in [3.05, 3.63) is 84.3 Å². The molecule has 0 aliphatic rings. The second-order valence-corrected chi connectivity index (χ2v) is 5.58. The highest BCUT2D eigenvalue weighted by molar-refractivity contribution is 6.16. The fourth-order valence-electron chi connectivity index (χ4n) is 2.47. The fourth-order valence-corrected chi connectivity index (χ4v) is 2.62. The highest BCUT2D eigenvalue weighted by atomic mass is 35.5. The van der Waals surface area contributed by atoms with Crippen molar-refractivity contribution in [3.63, 3.8) is 0 Å². The van der Waals surface area contributed by atoms with Crippen LogP contribution in [0.25, 0.3) is 21.7 Å². The van der Waals surface area contributed by atoms with Gasteiger partial charge in [-0.3, -0.25) is 4.98 Å². The normalized spacial score (nSPS) is 9.88. The Balaban J connectivity index is 0.000000180. The van der Waals surface area contributed by atoms with Crippen LogP contribution < -0.4 is 0 Å². The molecule has 0 spiro atoms. The van der Waals surface area contributed by atoms with Crippen LogP contribution in [0.3, 0.4) is 0 Å². The molecule has 0 amide bonds. The van der Waals surface area contributed by atoms with Crippen molar-refractivity contribution in [1.29, 1.82) is 0 Å². The first kappa shape index (κ1) is 19.6. The molecule has 2 aromatic heterocycles. The monoisotopic (exact) mass is 386 g/mol. The van der Waals surface area contributed by atoms with Gasteiger partial charge in [0.15, 0.2) is 5.69 Å². The zero-order valence-corrected chi connectivity index (χ0v) is 15.2. The van der Waals surface area contributed by atoms with Crippen LogP contribution in [0.1, 0.15) is 16.2 Å². The molecule has 0 unspecified atom stereocenters. The van der Waals surface area contributed by atoms with Gasteiger partial charge in [0.1, 0.15) is 0 Å². The summed E-state index contributed by atoms with van der Waals surface area (Å²) < 4.78 is 0. The second-order valence-electron chi connectivity index (χ2n) is 5.31. The smallest absolute Gasteiger partial charge is 0.355 e. The van der Waals surface area contributed by atoms with Crippen molar-refractivity contribution in [1.82, 2.24) is 9.97 Å². The predicted molar refractivity (Wildman–Crippen MR) is 107 cm³/mol. The minimum absolute atomic E-state index is 0.